The van der Waals surface area contributed by atoms with E-state index in [0.717, 1.165) is 118 Å². The number of para-hydroxylation sites is 2. The van der Waals surface area contributed by atoms with Crippen LogP contribution in [0, 0.1) is 31.8 Å². The average molecular weight is 1180 g/mol. The van der Waals surface area contributed by atoms with E-state index in [9.17, 15) is 5.26 Å². The first kappa shape index (κ1) is 56.1. The van der Waals surface area contributed by atoms with Crippen LogP contribution in [0.25, 0.3) is 70.2 Å². The van der Waals surface area contributed by atoms with Crippen LogP contribution in [0.15, 0.2) is 328 Å². The SMILES string of the molecule is [C-]#[N+]c1ccc(N(c2ccc(C)cc2)c2ccc3c(-c4ccc(N(c5ccccc5)c5ccc6ccccc6c5)cc4)c4cc(N(c5ccc(C)cc5)c5ccc(C#N)cc5)ccc4c(-c4ccc(N(c5ccccc5)c5ccc6ccccc6c5)cc4)c3c2)cc1. The maximum Gasteiger partial charge on any atom is 0.187 e. The van der Waals surface area contributed by atoms with E-state index in [1.54, 1.807) is 0 Å². The van der Waals surface area contributed by atoms with E-state index in [4.69, 9.17) is 6.57 Å². The summed E-state index contributed by atoms with van der Waals surface area (Å²) >= 11 is 0. The van der Waals surface area contributed by atoms with Crippen LogP contribution in [-0.2, 0) is 0 Å². The molecule has 0 saturated heterocycles. The lowest BCUT2D eigenvalue weighted by molar-refractivity contribution is 1.28. The molecule has 0 aliphatic heterocycles. The van der Waals surface area contributed by atoms with Crippen LogP contribution in [0.5, 0.6) is 0 Å². The first-order chi connectivity index (χ1) is 45.3. The lowest BCUT2D eigenvalue weighted by Crippen LogP contribution is -2.11. The van der Waals surface area contributed by atoms with Crippen molar-refractivity contribution >= 4 is 117 Å². The predicted molar refractivity (Wildman–Crippen MR) is 387 cm³/mol. The molecular weight excluding hydrogens is 1120 g/mol. The molecule has 0 unspecified atom stereocenters. The summed E-state index contributed by atoms with van der Waals surface area (Å²) in [6.45, 7) is 12.1. The maximum atomic E-state index is 9.99. The summed E-state index contributed by atoms with van der Waals surface area (Å²) in [6.07, 6.45) is 0. The Kier molecular flexibility index (Phi) is 14.8. The molecule has 0 saturated carbocycles. The van der Waals surface area contributed by atoms with Gasteiger partial charge >= 0.3 is 0 Å². The minimum Gasteiger partial charge on any atom is -0.311 e. The number of hydrogen-bond donors (Lipinski definition) is 0. The highest BCUT2D eigenvalue weighted by Crippen LogP contribution is 2.50. The zero-order chi connectivity index (χ0) is 62.1. The van der Waals surface area contributed by atoms with Gasteiger partial charge in [0.15, 0.2) is 5.69 Å². The molecule has 0 spiro atoms. The Morgan fingerprint density at radius 2 is 0.565 bits per heavy atom. The molecule has 0 atom stereocenters. The monoisotopic (exact) mass is 1180 g/mol. The number of hydrogen-bond acceptors (Lipinski definition) is 5. The maximum absolute atomic E-state index is 9.99. The van der Waals surface area contributed by atoms with E-state index >= 15 is 0 Å². The van der Waals surface area contributed by atoms with Crippen molar-refractivity contribution in [3.05, 3.63) is 356 Å². The largest absolute Gasteiger partial charge is 0.311 e. The Balaban J connectivity index is 0.995. The van der Waals surface area contributed by atoms with Crippen LogP contribution < -0.4 is 19.6 Å². The zero-order valence-corrected chi connectivity index (χ0v) is 50.9. The van der Waals surface area contributed by atoms with Crippen molar-refractivity contribution < 1.29 is 0 Å². The molecule has 15 rings (SSSR count). The first-order valence-corrected chi connectivity index (χ1v) is 31.0. The normalized spacial score (nSPS) is 11.1. The summed E-state index contributed by atoms with van der Waals surface area (Å²) < 4.78 is 0. The van der Waals surface area contributed by atoms with Crippen molar-refractivity contribution in [2.24, 2.45) is 0 Å². The molecule has 434 valence electrons. The summed E-state index contributed by atoms with van der Waals surface area (Å²) in [4.78, 5) is 13.0. The molecule has 0 N–H and O–H groups in total. The summed E-state index contributed by atoms with van der Waals surface area (Å²) in [5.41, 5.74) is 19.9. The molecule has 6 heteroatoms. The molecule has 0 aliphatic rings. The molecule has 0 aliphatic carbocycles. The fraction of sp³-hybridized carbons (Fsp3) is 0.0233. The molecule has 0 radical (unpaired) electrons. The zero-order valence-electron chi connectivity index (χ0n) is 50.9. The highest BCUT2D eigenvalue weighted by atomic mass is 15.2. The Morgan fingerprint density at radius 3 is 0.935 bits per heavy atom. The van der Waals surface area contributed by atoms with Crippen molar-refractivity contribution in [1.29, 1.82) is 5.26 Å². The van der Waals surface area contributed by atoms with Gasteiger partial charge in [0.2, 0.25) is 0 Å². The highest BCUT2D eigenvalue weighted by Gasteiger charge is 2.24. The topological polar surface area (TPSA) is 41.1 Å². The van der Waals surface area contributed by atoms with Gasteiger partial charge in [0.05, 0.1) is 18.2 Å². The lowest BCUT2D eigenvalue weighted by atomic mass is 9.85. The molecule has 15 aromatic rings. The highest BCUT2D eigenvalue weighted by molar-refractivity contribution is 6.23. The minimum atomic E-state index is 0.582. The van der Waals surface area contributed by atoms with Gasteiger partial charge in [-0.3, -0.25) is 0 Å². The summed E-state index contributed by atoms with van der Waals surface area (Å²) in [5.74, 6) is 0. The molecule has 92 heavy (non-hydrogen) atoms. The third kappa shape index (κ3) is 10.7. The van der Waals surface area contributed by atoms with Crippen LogP contribution >= 0.6 is 0 Å². The van der Waals surface area contributed by atoms with Gasteiger partial charge in [-0.05, 0) is 237 Å². The predicted octanol–water partition coefficient (Wildman–Crippen LogP) is 24.6. The van der Waals surface area contributed by atoms with Crippen LogP contribution in [0.3, 0.4) is 0 Å². The summed E-state index contributed by atoms with van der Waals surface area (Å²) in [7, 11) is 0. The Hall–Kier alpha value is -12.5. The van der Waals surface area contributed by atoms with Gasteiger partial charge < -0.3 is 19.6 Å². The van der Waals surface area contributed by atoms with E-state index in [2.05, 4.69) is 323 Å². The second kappa shape index (κ2) is 24.2. The first-order valence-electron chi connectivity index (χ1n) is 31.0. The number of nitrogens with zero attached hydrogens (tertiary/aromatic N) is 6. The van der Waals surface area contributed by atoms with Gasteiger partial charge in [-0.2, -0.15) is 5.26 Å². The molecular formula is C86H60N6. The summed E-state index contributed by atoms with van der Waals surface area (Å²) in [6, 6.07) is 119. The van der Waals surface area contributed by atoms with Gasteiger partial charge in [-0.1, -0.05) is 181 Å². The number of anilines is 12. The van der Waals surface area contributed by atoms with Crippen molar-refractivity contribution in [1.82, 2.24) is 0 Å². The van der Waals surface area contributed by atoms with Crippen LogP contribution in [0.4, 0.5) is 73.9 Å². The minimum absolute atomic E-state index is 0.582. The van der Waals surface area contributed by atoms with E-state index < -0.39 is 0 Å². The smallest absolute Gasteiger partial charge is 0.187 e. The fourth-order valence-electron chi connectivity index (χ4n) is 13.0. The van der Waals surface area contributed by atoms with Crippen LogP contribution in [0.1, 0.15) is 16.7 Å². The molecule has 6 nitrogen and oxygen atoms in total. The second-order valence-corrected chi connectivity index (χ2v) is 23.3. The Labute approximate surface area is 536 Å². The second-order valence-electron chi connectivity index (χ2n) is 23.3. The summed E-state index contributed by atoms with van der Waals surface area (Å²) in [5, 5.41) is 19.0. The average Bonchev–Trinajstić information content (AvgIpc) is 0.759. The van der Waals surface area contributed by atoms with E-state index in [1.807, 2.05) is 48.5 Å². The van der Waals surface area contributed by atoms with Gasteiger partial charge in [0.25, 0.3) is 0 Å². The van der Waals surface area contributed by atoms with Crippen molar-refractivity contribution in [3.63, 3.8) is 0 Å². The Bertz CT molecular complexity index is 4950. The van der Waals surface area contributed by atoms with Crippen molar-refractivity contribution in [2.75, 3.05) is 19.6 Å². The molecule has 15 aromatic carbocycles. The van der Waals surface area contributed by atoms with E-state index in [1.165, 1.54) is 27.1 Å². The van der Waals surface area contributed by atoms with Crippen LogP contribution in [0.2, 0.25) is 0 Å². The molecule has 0 bridgehead atoms. The van der Waals surface area contributed by atoms with Gasteiger partial charge in [-0.25, -0.2) is 4.85 Å². The van der Waals surface area contributed by atoms with Crippen LogP contribution in [-0.4, -0.2) is 0 Å². The van der Waals surface area contributed by atoms with Gasteiger partial charge in [-0.15, -0.1) is 0 Å². The van der Waals surface area contributed by atoms with Gasteiger partial charge in [0.1, 0.15) is 0 Å². The quantitative estimate of drug-likeness (QED) is 0.0802. The number of nitriles is 1. The Morgan fingerprint density at radius 1 is 0.272 bits per heavy atom. The van der Waals surface area contributed by atoms with Crippen molar-refractivity contribution in [3.8, 4) is 28.3 Å². The third-order valence-electron chi connectivity index (χ3n) is 17.5. The molecule has 0 fully saturated rings. The van der Waals surface area contributed by atoms with E-state index in [0.29, 0.717) is 11.3 Å². The molecule has 0 amide bonds. The number of aryl methyl sites for hydroxylation is 2. The molecule has 0 heterocycles. The van der Waals surface area contributed by atoms with Gasteiger partial charge in [0, 0.05) is 68.2 Å². The van der Waals surface area contributed by atoms with Crippen molar-refractivity contribution in [2.45, 2.75) is 13.8 Å². The number of fused-ring (bicyclic) bond motifs is 4. The lowest BCUT2D eigenvalue weighted by Gasteiger charge is -2.29. The molecule has 0 aromatic heterocycles. The van der Waals surface area contributed by atoms with E-state index in [-0.39, 0.29) is 0 Å². The fourth-order valence-corrected chi connectivity index (χ4v) is 13.0. The number of benzene rings is 15. The third-order valence-corrected chi connectivity index (χ3v) is 17.5. The number of rotatable bonds is 14. The standard InChI is InChI=1S/C86H60N6/c1-59-22-36-71(37-23-59)91(73-40-26-61(58-87)27-41-73)79-50-52-81-83(56-79)85(64-30-42-74(43-31-64)89(69-18-6-4-7-19-69)77-46-28-62-14-10-12-16-66(62)54-77)82-53-51-80(92(72-38-24-60(2)25-39-72)76-48-34-68(88-3)35-49-76)57-84(82)86(81)65-32-44-75(45-33-65)90(70-20-8-5-9-21-70)78-47-29-63-15-11-13-17-67(63)55-78/h4-57H,1-2H3.